The summed E-state index contributed by atoms with van der Waals surface area (Å²) in [6.45, 7) is 2.56. The number of rotatable bonds is 7. The molecule has 1 atom stereocenters. The van der Waals surface area contributed by atoms with E-state index in [9.17, 15) is 9.59 Å². The van der Waals surface area contributed by atoms with Crippen molar-refractivity contribution in [2.45, 2.75) is 25.8 Å². The van der Waals surface area contributed by atoms with Gasteiger partial charge < -0.3 is 16.0 Å². The molecule has 1 saturated heterocycles. The molecule has 3 N–H and O–H groups in total. The van der Waals surface area contributed by atoms with Crippen LogP contribution in [-0.2, 0) is 11.3 Å². The monoisotopic (exact) mass is 424 g/mol. The van der Waals surface area contributed by atoms with Gasteiger partial charge in [0.2, 0.25) is 5.91 Å². The van der Waals surface area contributed by atoms with E-state index < -0.39 is 0 Å². The largest absolute Gasteiger partial charge is 0.352 e. The lowest BCUT2D eigenvalue weighted by Crippen LogP contribution is -2.23. The molecule has 2 aromatic rings. The Kier molecular flexibility index (Phi) is 10.5. The van der Waals surface area contributed by atoms with Gasteiger partial charge in [0.1, 0.15) is 0 Å². The molecule has 28 heavy (non-hydrogen) atoms. The highest BCUT2D eigenvalue weighted by Crippen LogP contribution is 2.14. The van der Waals surface area contributed by atoms with Gasteiger partial charge in [0.05, 0.1) is 11.9 Å². The first-order valence-corrected chi connectivity index (χ1v) is 8.98. The fourth-order valence-corrected chi connectivity index (χ4v) is 3.00. The molecule has 8 heteroatoms. The Morgan fingerprint density at radius 3 is 2.57 bits per heavy atom. The van der Waals surface area contributed by atoms with Gasteiger partial charge >= 0.3 is 0 Å². The lowest BCUT2D eigenvalue weighted by atomic mass is 10.0. The highest BCUT2D eigenvalue weighted by Gasteiger charge is 2.15. The number of carbonyl (C=O) groups excluding carboxylic acids is 2. The summed E-state index contributed by atoms with van der Waals surface area (Å²) in [4.78, 5) is 28.1. The maximum absolute atomic E-state index is 12.2. The van der Waals surface area contributed by atoms with E-state index in [1.54, 1.807) is 36.7 Å². The van der Waals surface area contributed by atoms with Crippen LogP contribution in [0.5, 0.6) is 0 Å². The quantitative estimate of drug-likeness (QED) is 0.637. The first-order valence-electron chi connectivity index (χ1n) is 8.98. The number of aromatic nitrogens is 1. The first-order chi connectivity index (χ1) is 12.7. The summed E-state index contributed by atoms with van der Waals surface area (Å²) in [5, 5.41) is 9.05. The van der Waals surface area contributed by atoms with E-state index in [1.165, 1.54) is 0 Å². The van der Waals surface area contributed by atoms with Crippen LogP contribution in [0.3, 0.4) is 0 Å². The minimum atomic E-state index is -0.182. The van der Waals surface area contributed by atoms with Gasteiger partial charge in [-0.05, 0) is 61.7 Å². The van der Waals surface area contributed by atoms with E-state index in [2.05, 4.69) is 20.9 Å². The number of amides is 2. The molecule has 2 amide bonds. The van der Waals surface area contributed by atoms with Crippen LogP contribution < -0.4 is 16.0 Å². The zero-order valence-corrected chi connectivity index (χ0v) is 17.2. The number of pyridine rings is 1. The molecule has 1 aromatic heterocycles. The summed E-state index contributed by atoms with van der Waals surface area (Å²) >= 11 is 0. The van der Waals surface area contributed by atoms with Crippen molar-refractivity contribution in [3.8, 4) is 0 Å². The molecule has 152 valence electrons. The van der Waals surface area contributed by atoms with Crippen molar-refractivity contribution in [2.75, 3.05) is 18.4 Å². The molecule has 0 radical (unpaired) electrons. The predicted molar refractivity (Wildman–Crippen MR) is 115 cm³/mol. The maximum Gasteiger partial charge on any atom is 0.255 e. The second-order valence-corrected chi connectivity index (χ2v) is 6.57. The third-order valence-corrected chi connectivity index (χ3v) is 4.57. The van der Waals surface area contributed by atoms with Gasteiger partial charge in [0.15, 0.2) is 0 Å². The Morgan fingerprint density at radius 1 is 1.14 bits per heavy atom. The summed E-state index contributed by atoms with van der Waals surface area (Å²) in [5.74, 6) is 0.521. The Hall–Kier alpha value is -2.15. The van der Waals surface area contributed by atoms with Gasteiger partial charge in [-0.15, -0.1) is 24.8 Å². The summed E-state index contributed by atoms with van der Waals surface area (Å²) in [5.41, 5.74) is 2.20. The molecule has 0 bridgehead atoms. The lowest BCUT2D eigenvalue weighted by Gasteiger charge is -2.09. The number of benzene rings is 1. The van der Waals surface area contributed by atoms with Crippen molar-refractivity contribution < 1.29 is 9.59 Å². The van der Waals surface area contributed by atoms with Gasteiger partial charge in [-0.1, -0.05) is 12.1 Å². The number of halogens is 2. The van der Waals surface area contributed by atoms with Crippen LogP contribution in [0.25, 0.3) is 0 Å². The molecule has 1 aliphatic heterocycles. The first kappa shape index (κ1) is 23.9. The second-order valence-electron chi connectivity index (χ2n) is 6.57. The maximum atomic E-state index is 12.2. The molecule has 1 fully saturated rings. The smallest absolute Gasteiger partial charge is 0.255 e. The van der Waals surface area contributed by atoms with E-state index in [-0.39, 0.29) is 36.6 Å². The van der Waals surface area contributed by atoms with E-state index in [0.717, 1.165) is 31.5 Å². The van der Waals surface area contributed by atoms with Crippen LogP contribution in [0, 0.1) is 5.92 Å². The average molecular weight is 425 g/mol. The summed E-state index contributed by atoms with van der Waals surface area (Å²) < 4.78 is 0. The van der Waals surface area contributed by atoms with Crippen molar-refractivity contribution in [2.24, 2.45) is 5.92 Å². The highest BCUT2D eigenvalue weighted by molar-refractivity contribution is 6.04. The number of nitrogens with one attached hydrogen (secondary N) is 3. The third-order valence-electron chi connectivity index (χ3n) is 4.57. The van der Waals surface area contributed by atoms with Crippen LogP contribution in [0.15, 0.2) is 48.8 Å². The minimum Gasteiger partial charge on any atom is -0.352 e. The van der Waals surface area contributed by atoms with E-state index in [4.69, 9.17) is 0 Å². The van der Waals surface area contributed by atoms with Crippen LogP contribution in [0.2, 0.25) is 0 Å². The van der Waals surface area contributed by atoms with Crippen molar-refractivity contribution in [3.63, 3.8) is 0 Å². The number of nitrogens with zero attached hydrogens (tertiary/aromatic N) is 1. The van der Waals surface area contributed by atoms with Crippen LogP contribution in [0.1, 0.15) is 35.2 Å². The Balaban J connectivity index is 0.00000196. The van der Waals surface area contributed by atoms with E-state index in [0.29, 0.717) is 30.1 Å². The topological polar surface area (TPSA) is 83.1 Å². The second kappa shape index (κ2) is 12.3. The average Bonchev–Trinajstić information content (AvgIpc) is 3.19. The summed E-state index contributed by atoms with van der Waals surface area (Å²) in [6, 6.07) is 10.8. The van der Waals surface area contributed by atoms with Crippen LogP contribution in [-0.4, -0.2) is 29.9 Å². The molecule has 3 rings (SSSR count). The molecular formula is C20H26Cl2N4O2. The van der Waals surface area contributed by atoms with E-state index >= 15 is 0 Å². The van der Waals surface area contributed by atoms with Crippen molar-refractivity contribution in [1.29, 1.82) is 0 Å². The number of hydrogen-bond donors (Lipinski definition) is 3. The minimum absolute atomic E-state index is 0. The van der Waals surface area contributed by atoms with Gasteiger partial charge in [-0.3, -0.25) is 14.6 Å². The van der Waals surface area contributed by atoms with Crippen molar-refractivity contribution in [1.82, 2.24) is 15.6 Å². The zero-order chi connectivity index (χ0) is 18.2. The normalized spacial score (nSPS) is 15.1. The molecule has 6 nitrogen and oxygen atoms in total. The molecule has 0 saturated carbocycles. The molecule has 0 spiro atoms. The lowest BCUT2D eigenvalue weighted by molar-refractivity contribution is -0.121. The molecule has 0 aliphatic carbocycles. The highest BCUT2D eigenvalue weighted by atomic mass is 35.5. The third kappa shape index (κ3) is 7.46. The van der Waals surface area contributed by atoms with Crippen LogP contribution in [0.4, 0.5) is 5.69 Å². The van der Waals surface area contributed by atoms with Crippen molar-refractivity contribution >= 4 is 42.3 Å². The van der Waals surface area contributed by atoms with Crippen molar-refractivity contribution in [3.05, 3.63) is 59.9 Å². The molecule has 2 heterocycles. The van der Waals surface area contributed by atoms with Gasteiger partial charge in [0.25, 0.3) is 5.91 Å². The Labute approximate surface area is 177 Å². The SMILES string of the molecule is Cl.Cl.O=C(CCC1CCNC1)NCc1ccc(C(=O)Nc2cccnc2)cc1. The Morgan fingerprint density at radius 2 is 1.93 bits per heavy atom. The molecule has 1 aliphatic rings. The molecule has 1 aromatic carbocycles. The number of anilines is 1. The Bertz CT molecular complexity index is 736. The molecular weight excluding hydrogens is 399 g/mol. The van der Waals surface area contributed by atoms with Gasteiger partial charge in [-0.25, -0.2) is 0 Å². The van der Waals surface area contributed by atoms with Gasteiger partial charge in [0, 0.05) is 24.7 Å². The fraction of sp³-hybridized carbons (Fsp3) is 0.350. The van der Waals surface area contributed by atoms with E-state index in [1.807, 2.05) is 12.1 Å². The predicted octanol–water partition coefficient (Wildman–Crippen LogP) is 3.18. The molecule has 1 unspecified atom stereocenters. The van der Waals surface area contributed by atoms with Gasteiger partial charge in [-0.2, -0.15) is 0 Å². The number of hydrogen-bond acceptors (Lipinski definition) is 4. The zero-order valence-electron chi connectivity index (χ0n) is 15.5. The summed E-state index contributed by atoms with van der Waals surface area (Å²) in [7, 11) is 0. The fourth-order valence-electron chi connectivity index (χ4n) is 3.00. The summed E-state index contributed by atoms with van der Waals surface area (Å²) in [6.07, 6.45) is 5.92. The van der Waals surface area contributed by atoms with Crippen LogP contribution >= 0.6 is 24.8 Å². The standard InChI is InChI=1S/C20H24N4O2.2ClH/c25-19(8-5-16-9-11-22-12-16)23-13-15-3-6-17(7-4-15)20(26)24-18-2-1-10-21-14-18;;/h1-4,6-7,10,14,16,22H,5,8-9,11-13H2,(H,23,25)(H,24,26);2*1H. The number of carbonyl (C=O) groups is 2.